The van der Waals surface area contributed by atoms with Crippen molar-refractivity contribution < 1.29 is 50.2 Å². The van der Waals surface area contributed by atoms with Gasteiger partial charge < -0.3 is 9.11 Å². The van der Waals surface area contributed by atoms with Crippen molar-refractivity contribution in [2.45, 2.75) is 4.90 Å². The van der Waals surface area contributed by atoms with Crippen LogP contribution in [-0.2, 0) is 39.9 Å². The Morgan fingerprint density at radius 1 is 1.11 bits per heavy atom. The van der Waals surface area contributed by atoms with Gasteiger partial charge in [0.25, 0.3) is 15.9 Å². The number of sulfonamides is 1. The Kier molecular flexibility index (Phi) is 5.57. The van der Waals surface area contributed by atoms with Crippen LogP contribution in [0.5, 0.6) is 0 Å². The van der Waals surface area contributed by atoms with Gasteiger partial charge in [-0.1, -0.05) is 12.1 Å². The van der Waals surface area contributed by atoms with Gasteiger partial charge in [0.2, 0.25) is 0 Å². The van der Waals surface area contributed by atoms with E-state index in [1.807, 2.05) is 4.72 Å². The third-order valence-corrected chi connectivity index (χ3v) is 3.04. The van der Waals surface area contributed by atoms with E-state index in [0.29, 0.717) is 0 Å². The second kappa shape index (κ2) is 5.85. The van der Waals surface area contributed by atoms with Crippen molar-refractivity contribution in [2.24, 2.45) is 0 Å². The van der Waals surface area contributed by atoms with E-state index < -0.39 is 26.3 Å². The van der Waals surface area contributed by atoms with Crippen LogP contribution in [0.25, 0.3) is 0 Å². The maximum absolute atomic E-state index is 11.1. The minimum atomic E-state index is -5.17. The van der Waals surface area contributed by atoms with Gasteiger partial charge in [-0.3, -0.25) is 13.2 Å². The predicted molar refractivity (Wildman–Crippen MR) is 51.6 cm³/mol. The summed E-state index contributed by atoms with van der Waals surface area (Å²) in [5, 5.41) is 0. The molecule has 0 saturated heterocycles. The molecule has 2 rings (SSSR count). The van der Waals surface area contributed by atoms with Crippen LogP contribution < -0.4 is 4.72 Å². The molecule has 1 heterocycles. The molecule has 11 heteroatoms. The third kappa shape index (κ3) is 4.79. The fraction of sp³-hybridized carbons (Fsp3) is 0. The number of carbonyl (C=O) groups excluding carboxylic acids is 1. The van der Waals surface area contributed by atoms with E-state index in [1.54, 1.807) is 12.1 Å². The molecular formula is C7H5NO7S2Zn. The van der Waals surface area contributed by atoms with Crippen molar-refractivity contribution in [1.82, 2.24) is 4.72 Å². The number of fused-ring (bicyclic) bond motifs is 1. The smallest absolute Gasteiger partial charge is 0.759 e. The third-order valence-electron chi connectivity index (χ3n) is 1.65. The van der Waals surface area contributed by atoms with Crippen molar-refractivity contribution >= 4 is 26.3 Å². The number of hydrogen-bond acceptors (Lipinski definition) is 7. The first-order chi connectivity index (χ1) is 7.61. The summed E-state index contributed by atoms with van der Waals surface area (Å²) in [4.78, 5) is 11.1. The zero-order valence-electron chi connectivity index (χ0n) is 8.69. The molecule has 0 unspecified atom stereocenters. The van der Waals surface area contributed by atoms with Gasteiger partial charge >= 0.3 is 19.5 Å². The van der Waals surface area contributed by atoms with Gasteiger partial charge in [-0.05, 0) is 12.1 Å². The van der Waals surface area contributed by atoms with Crippen LogP contribution in [0.3, 0.4) is 0 Å². The number of hydrogen-bond donors (Lipinski definition) is 1. The number of nitrogens with one attached hydrogen (secondary N) is 1. The van der Waals surface area contributed by atoms with Gasteiger partial charge in [-0.15, -0.1) is 0 Å². The Morgan fingerprint density at radius 2 is 1.56 bits per heavy atom. The zero-order chi connectivity index (χ0) is 13.3. The molecule has 8 nitrogen and oxygen atoms in total. The molecule has 1 N–H and O–H groups in total. The molecule has 0 spiro atoms. The van der Waals surface area contributed by atoms with Crippen LogP contribution >= 0.6 is 0 Å². The first kappa shape index (κ1) is 17.1. The van der Waals surface area contributed by atoms with Crippen molar-refractivity contribution in [3.05, 3.63) is 29.8 Å². The molecule has 1 aromatic carbocycles. The van der Waals surface area contributed by atoms with E-state index in [-0.39, 0.29) is 29.9 Å². The summed E-state index contributed by atoms with van der Waals surface area (Å²) in [6.45, 7) is 0. The van der Waals surface area contributed by atoms with Gasteiger partial charge in [0.15, 0.2) is 0 Å². The molecule has 0 saturated carbocycles. The molecule has 0 aromatic heterocycles. The summed E-state index contributed by atoms with van der Waals surface area (Å²) < 4.78 is 58.2. The summed E-state index contributed by atoms with van der Waals surface area (Å²) in [6.07, 6.45) is 0. The maximum Gasteiger partial charge on any atom is 2.00 e. The standard InChI is InChI=1S/C7H5NO3S.H2O4S.Zn/c9-7-5-3-1-2-4-6(5)12(10,11)8-7;1-5(2,3)4;/h1-4H,(H,8,9);(H2,1,2,3,4);/q;;+2/p-2. The predicted octanol–water partition coefficient (Wildman–Crippen LogP) is -1.22. The molecular weight excluding hydrogens is 340 g/mol. The normalized spacial score (nSPS) is 15.6. The van der Waals surface area contributed by atoms with E-state index in [1.165, 1.54) is 12.1 Å². The maximum atomic E-state index is 11.1. The van der Waals surface area contributed by atoms with Crippen molar-refractivity contribution in [2.75, 3.05) is 0 Å². The number of rotatable bonds is 0. The molecule has 94 valence electrons. The van der Waals surface area contributed by atoms with Crippen LogP contribution in [0.4, 0.5) is 0 Å². The number of carbonyl (C=O) groups is 1. The van der Waals surface area contributed by atoms with Gasteiger partial charge in [-0.25, -0.2) is 13.1 Å². The molecule has 0 atom stereocenters. The fourth-order valence-corrected chi connectivity index (χ4v) is 2.29. The Morgan fingerprint density at radius 3 is 2.00 bits per heavy atom. The summed E-state index contributed by atoms with van der Waals surface area (Å²) in [7, 11) is -8.72. The van der Waals surface area contributed by atoms with Gasteiger partial charge in [0.05, 0.1) is 5.56 Å². The van der Waals surface area contributed by atoms with Gasteiger partial charge in [0, 0.05) is 10.4 Å². The molecule has 1 aromatic rings. The SMILES string of the molecule is O=C1NS(=O)(=O)c2ccccc21.O=S(=O)([O-])[O-].[Zn+2]. The summed E-state index contributed by atoms with van der Waals surface area (Å²) in [5.74, 6) is -0.550. The van der Waals surface area contributed by atoms with E-state index >= 15 is 0 Å². The topological polar surface area (TPSA) is 144 Å². The molecule has 0 bridgehead atoms. The molecule has 0 aliphatic carbocycles. The van der Waals surface area contributed by atoms with Crippen molar-refractivity contribution in [3.8, 4) is 0 Å². The fourth-order valence-electron chi connectivity index (χ4n) is 1.12. The van der Waals surface area contributed by atoms with Crippen LogP contribution in [0.15, 0.2) is 29.2 Å². The van der Waals surface area contributed by atoms with Crippen molar-refractivity contribution in [1.29, 1.82) is 0 Å². The Balaban J connectivity index is 0.000000421. The van der Waals surface area contributed by atoms with Crippen LogP contribution in [0.1, 0.15) is 10.4 Å². The number of amides is 1. The summed E-state index contributed by atoms with van der Waals surface area (Å²) in [5.41, 5.74) is 0.220. The Hall–Kier alpha value is -0.867. The Bertz CT molecular complexity index is 644. The van der Waals surface area contributed by atoms with Crippen LogP contribution in [-0.4, -0.2) is 31.8 Å². The van der Waals surface area contributed by atoms with Crippen molar-refractivity contribution in [3.63, 3.8) is 0 Å². The van der Waals surface area contributed by atoms with Crippen LogP contribution in [0, 0.1) is 0 Å². The average Bonchev–Trinajstić information content (AvgIpc) is 2.36. The molecule has 1 aliphatic heterocycles. The minimum absolute atomic E-state index is 0. The van der Waals surface area contributed by atoms with E-state index in [9.17, 15) is 13.2 Å². The quantitative estimate of drug-likeness (QED) is 0.353. The minimum Gasteiger partial charge on any atom is -0.759 e. The largest absolute Gasteiger partial charge is 2.00 e. The molecule has 0 radical (unpaired) electrons. The Labute approximate surface area is 116 Å². The van der Waals surface area contributed by atoms with Crippen LogP contribution in [0.2, 0.25) is 0 Å². The molecule has 18 heavy (non-hydrogen) atoms. The van der Waals surface area contributed by atoms with Gasteiger partial charge in [0.1, 0.15) is 4.90 Å². The second-order valence-electron chi connectivity index (χ2n) is 2.84. The first-order valence-corrected chi connectivity index (χ1v) is 6.76. The summed E-state index contributed by atoms with van der Waals surface area (Å²) in [6, 6.07) is 6.09. The zero-order valence-corrected chi connectivity index (χ0v) is 13.3. The molecule has 0 fully saturated rings. The average molecular weight is 345 g/mol. The monoisotopic (exact) mass is 343 g/mol. The number of benzene rings is 1. The first-order valence-electron chi connectivity index (χ1n) is 3.94. The van der Waals surface area contributed by atoms with E-state index in [0.717, 1.165) is 0 Å². The molecule has 1 amide bonds. The second-order valence-corrected chi connectivity index (χ2v) is 5.31. The van der Waals surface area contributed by atoms with E-state index in [2.05, 4.69) is 0 Å². The summed E-state index contributed by atoms with van der Waals surface area (Å²) >= 11 is 0. The van der Waals surface area contributed by atoms with E-state index in [4.69, 9.17) is 17.5 Å². The molecule has 1 aliphatic rings. The van der Waals surface area contributed by atoms with Gasteiger partial charge in [-0.2, -0.15) is 0 Å².